The summed E-state index contributed by atoms with van der Waals surface area (Å²) in [6, 6.07) is 3.09. The molecule has 1 amide bonds. The molecular weight excluding hydrogens is 393 g/mol. The summed E-state index contributed by atoms with van der Waals surface area (Å²) in [5.41, 5.74) is 1.78. The summed E-state index contributed by atoms with van der Waals surface area (Å²) in [7, 11) is 1.66. The first-order chi connectivity index (χ1) is 13.9. The number of nitrogens with one attached hydrogen (secondary N) is 1. The molecule has 3 aromatic rings. The van der Waals surface area contributed by atoms with E-state index in [4.69, 9.17) is 4.74 Å². The van der Waals surface area contributed by atoms with Crippen molar-refractivity contribution in [3.63, 3.8) is 0 Å². The molecular formula is C20H22FN5O2S. The summed E-state index contributed by atoms with van der Waals surface area (Å²) in [4.78, 5) is 29.0. The number of likely N-dealkylation sites (tertiary alicyclic amines) is 1. The van der Waals surface area contributed by atoms with Crippen molar-refractivity contribution in [2.45, 2.75) is 32.4 Å². The van der Waals surface area contributed by atoms with Crippen molar-refractivity contribution in [1.82, 2.24) is 19.9 Å². The van der Waals surface area contributed by atoms with Crippen molar-refractivity contribution >= 4 is 33.4 Å². The number of ether oxygens (including phenoxy) is 1. The Labute approximate surface area is 171 Å². The number of anilines is 1. The van der Waals surface area contributed by atoms with Crippen LogP contribution in [0.25, 0.3) is 10.2 Å². The number of amides is 1. The molecule has 3 aromatic heterocycles. The van der Waals surface area contributed by atoms with Gasteiger partial charge in [-0.3, -0.25) is 9.78 Å². The third-order valence-corrected chi connectivity index (χ3v) is 6.08. The number of hydrogen-bond donors (Lipinski definition) is 1. The van der Waals surface area contributed by atoms with E-state index in [1.54, 1.807) is 18.2 Å². The molecule has 1 aliphatic heterocycles. The lowest BCUT2D eigenvalue weighted by Gasteiger charge is -2.18. The van der Waals surface area contributed by atoms with Gasteiger partial charge in [-0.1, -0.05) is 0 Å². The zero-order chi connectivity index (χ0) is 20.5. The Morgan fingerprint density at radius 2 is 2.21 bits per heavy atom. The number of fused-ring (bicyclic) bond motifs is 1. The summed E-state index contributed by atoms with van der Waals surface area (Å²) >= 11 is 1.51. The number of carbonyl (C=O) groups excluding carboxylic acids is 1. The Bertz CT molecular complexity index is 1060. The van der Waals surface area contributed by atoms with Crippen LogP contribution >= 0.6 is 11.3 Å². The first-order valence-electron chi connectivity index (χ1n) is 9.42. The molecule has 0 aliphatic carbocycles. The van der Waals surface area contributed by atoms with Gasteiger partial charge in [-0.05, 0) is 38.0 Å². The summed E-state index contributed by atoms with van der Waals surface area (Å²) in [6.45, 7) is 5.04. The third-order valence-electron chi connectivity index (χ3n) is 5.03. The van der Waals surface area contributed by atoms with Crippen molar-refractivity contribution in [1.29, 1.82) is 0 Å². The van der Waals surface area contributed by atoms with Gasteiger partial charge in [-0.15, -0.1) is 11.3 Å². The predicted molar refractivity (Wildman–Crippen MR) is 110 cm³/mol. The van der Waals surface area contributed by atoms with Crippen LogP contribution in [0, 0.1) is 12.7 Å². The van der Waals surface area contributed by atoms with Gasteiger partial charge in [-0.2, -0.15) is 0 Å². The molecule has 0 spiro atoms. The van der Waals surface area contributed by atoms with Gasteiger partial charge in [0.1, 0.15) is 5.82 Å². The molecule has 0 aromatic carbocycles. The average Bonchev–Trinajstić information content (AvgIpc) is 3.32. The fourth-order valence-corrected chi connectivity index (χ4v) is 4.39. The number of aryl methyl sites for hydroxylation is 1. The van der Waals surface area contributed by atoms with E-state index < -0.39 is 5.82 Å². The maximum Gasteiger partial charge on any atom is 0.274 e. The van der Waals surface area contributed by atoms with Gasteiger partial charge in [0.25, 0.3) is 5.91 Å². The van der Waals surface area contributed by atoms with E-state index in [0.717, 1.165) is 27.7 Å². The molecule has 152 valence electrons. The number of thiophene rings is 1. The minimum atomic E-state index is -0.404. The lowest BCUT2D eigenvalue weighted by Crippen LogP contribution is -2.31. The monoisotopic (exact) mass is 415 g/mol. The Hall–Kier alpha value is -2.65. The number of nitrogens with zero attached hydrogens (tertiary/aromatic N) is 4. The van der Waals surface area contributed by atoms with E-state index in [0.29, 0.717) is 30.3 Å². The third kappa shape index (κ3) is 4.06. The second-order valence-corrected chi connectivity index (χ2v) is 8.42. The highest BCUT2D eigenvalue weighted by atomic mass is 32.1. The lowest BCUT2D eigenvalue weighted by molar-refractivity contribution is 0.0721. The van der Waals surface area contributed by atoms with Crippen LogP contribution in [0.2, 0.25) is 0 Å². The highest BCUT2D eigenvalue weighted by Gasteiger charge is 2.29. The van der Waals surface area contributed by atoms with Crippen molar-refractivity contribution in [2.24, 2.45) is 0 Å². The topological polar surface area (TPSA) is 80.2 Å². The molecule has 1 fully saturated rings. The molecule has 1 aliphatic rings. The maximum atomic E-state index is 13.5. The Balaban J connectivity index is 1.66. The minimum Gasteiger partial charge on any atom is -0.380 e. The van der Waals surface area contributed by atoms with E-state index in [1.807, 2.05) is 19.9 Å². The van der Waals surface area contributed by atoms with Gasteiger partial charge in [0.2, 0.25) is 5.95 Å². The van der Waals surface area contributed by atoms with Gasteiger partial charge in [-0.25, -0.2) is 14.4 Å². The van der Waals surface area contributed by atoms with Gasteiger partial charge >= 0.3 is 0 Å². The molecule has 1 saturated heterocycles. The number of carbonyl (C=O) groups is 1. The van der Waals surface area contributed by atoms with Crippen LogP contribution in [-0.4, -0.2) is 52.1 Å². The Morgan fingerprint density at radius 3 is 2.93 bits per heavy atom. The maximum absolute atomic E-state index is 13.5. The molecule has 2 unspecified atom stereocenters. The van der Waals surface area contributed by atoms with Crippen LogP contribution < -0.4 is 5.32 Å². The molecule has 0 bridgehead atoms. The van der Waals surface area contributed by atoms with Crippen molar-refractivity contribution in [3.8, 4) is 0 Å². The molecule has 9 heteroatoms. The number of hydrogen-bond acceptors (Lipinski definition) is 7. The second kappa shape index (κ2) is 8.00. The molecule has 4 rings (SSSR count). The van der Waals surface area contributed by atoms with Crippen molar-refractivity contribution in [2.75, 3.05) is 25.5 Å². The zero-order valence-electron chi connectivity index (χ0n) is 16.5. The minimum absolute atomic E-state index is 0.0550. The van der Waals surface area contributed by atoms with Crippen LogP contribution in [0.5, 0.6) is 0 Å². The van der Waals surface area contributed by atoms with Crippen LogP contribution in [0.1, 0.15) is 40.3 Å². The highest BCUT2D eigenvalue weighted by molar-refractivity contribution is 7.19. The predicted octanol–water partition coefficient (Wildman–Crippen LogP) is 3.57. The first kappa shape index (κ1) is 19.7. The Morgan fingerprint density at radius 1 is 1.38 bits per heavy atom. The van der Waals surface area contributed by atoms with Gasteiger partial charge in [0, 0.05) is 31.3 Å². The van der Waals surface area contributed by atoms with Crippen LogP contribution in [-0.2, 0) is 4.74 Å². The molecule has 2 atom stereocenters. The normalized spacial score (nSPS) is 17.7. The van der Waals surface area contributed by atoms with Crippen LogP contribution in [0.3, 0.4) is 0 Å². The second-order valence-electron chi connectivity index (χ2n) is 7.17. The average molecular weight is 415 g/mol. The van der Waals surface area contributed by atoms with E-state index >= 15 is 0 Å². The van der Waals surface area contributed by atoms with E-state index in [2.05, 4.69) is 20.3 Å². The smallest absolute Gasteiger partial charge is 0.274 e. The number of aromatic nitrogens is 3. The quantitative estimate of drug-likeness (QED) is 0.686. The summed E-state index contributed by atoms with van der Waals surface area (Å²) in [5, 5.41) is 3.17. The number of rotatable bonds is 5. The molecule has 4 heterocycles. The fourth-order valence-electron chi connectivity index (χ4n) is 3.46. The van der Waals surface area contributed by atoms with Crippen LogP contribution in [0.15, 0.2) is 24.5 Å². The highest BCUT2D eigenvalue weighted by Crippen LogP contribution is 2.30. The van der Waals surface area contributed by atoms with Crippen LogP contribution in [0.4, 0.5) is 10.3 Å². The number of pyridine rings is 1. The zero-order valence-corrected chi connectivity index (χ0v) is 17.3. The van der Waals surface area contributed by atoms with Crippen molar-refractivity contribution in [3.05, 3.63) is 46.5 Å². The summed E-state index contributed by atoms with van der Waals surface area (Å²) in [6.07, 6.45) is 3.62. The number of methoxy groups -OCH3 is 1. The van der Waals surface area contributed by atoms with Gasteiger partial charge < -0.3 is 15.0 Å². The molecule has 7 nitrogen and oxygen atoms in total. The number of halogens is 1. The van der Waals surface area contributed by atoms with Crippen molar-refractivity contribution < 1.29 is 13.9 Å². The molecule has 29 heavy (non-hydrogen) atoms. The van der Waals surface area contributed by atoms with E-state index in [-0.39, 0.29) is 18.1 Å². The molecule has 0 saturated carbocycles. The van der Waals surface area contributed by atoms with E-state index in [1.165, 1.54) is 17.4 Å². The Kier molecular flexibility index (Phi) is 5.42. The molecule has 0 radical (unpaired) electrons. The SMILES string of the molecule is COC1CCN(C(=O)c2nc(NC(C)c3cncc(F)c3)nc3cc(C)sc23)C1. The van der Waals surface area contributed by atoms with Gasteiger partial charge in [0.15, 0.2) is 5.69 Å². The van der Waals surface area contributed by atoms with E-state index in [9.17, 15) is 9.18 Å². The fraction of sp³-hybridized carbons (Fsp3) is 0.400. The summed E-state index contributed by atoms with van der Waals surface area (Å²) in [5.74, 6) is -0.196. The first-order valence-corrected chi connectivity index (χ1v) is 10.2. The molecule has 1 N–H and O–H groups in total. The van der Waals surface area contributed by atoms with Gasteiger partial charge in [0.05, 0.1) is 28.6 Å². The largest absolute Gasteiger partial charge is 0.380 e. The standard InChI is InChI=1S/C20H22FN5O2S/c1-11-6-16-18(29-11)17(19(27)26-5-4-15(10-26)28-3)25-20(24-16)23-12(2)13-7-14(21)9-22-8-13/h6-9,12,15H,4-5,10H2,1-3H3,(H,23,24,25). The summed E-state index contributed by atoms with van der Waals surface area (Å²) < 4.78 is 19.7. The lowest BCUT2D eigenvalue weighted by atomic mass is 10.1.